The summed E-state index contributed by atoms with van der Waals surface area (Å²) in [4.78, 5) is 9.41. The van der Waals surface area contributed by atoms with Crippen LogP contribution in [-0.2, 0) is 4.79 Å². The van der Waals surface area contributed by atoms with Gasteiger partial charge in [-0.1, -0.05) is 64.2 Å². The van der Waals surface area contributed by atoms with E-state index in [9.17, 15) is 9.18 Å². The quantitative estimate of drug-likeness (QED) is 0.221. The SMILES string of the molecule is C=C(C)C=O.CCCCCC1CCC(C2CCC(c3ccc(C4CCC(N)CC4)c(F)c3)CC2)CC1. The molecule has 0 aliphatic heterocycles. The average Bonchev–Trinajstić information content (AvgIpc) is 2.90. The Morgan fingerprint density at radius 2 is 1.47 bits per heavy atom. The molecule has 3 aliphatic rings. The van der Waals surface area contributed by atoms with Gasteiger partial charge in [-0.25, -0.2) is 4.39 Å². The van der Waals surface area contributed by atoms with Crippen molar-refractivity contribution in [3.63, 3.8) is 0 Å². The Hall–Kier alpha value is -1.48. The first-order valence-corrected chi connectivity index (χ1v) is 15.1. The van der Waals surface area contributed by atoms with Crippen molar-refractivity contribution in [1.82, 2.24) is 0 Å². The Kier molecular flexibility index (Phi) is 12.2. The molecule has 2 nitrogen and oxygen atoms in total. The second-order valence-electron chi connectivity index (χ2n) is 12.2. The van der Waals surface area contributed by atoms with E-state index in [1.54, 1.807) is 6.92 Å². The fourth-order valence-electron chi connectivity index (χ4n) is 7.11. The van der Waals surface area contributed by atoms with E-state index >= 15 is 0 Å². The summed E-state index contributed by atoms with van der Waals surface area (Å²) in [5.74, 6) is 3.91. The normalized spacial score (nSPS) is 30.7. The zero-order valence-electron chi connectivity index (χ0n) is 23.2. The Labute approximate surface area is 220 Å². The molecule has 36 heavy (non-hydrogen) atoms. The summed E-state index contributed by atoms with van der Waals surface area (Å²) in [5, 5.41) is 0. The van der Waals surface area contributed by atoms with E-state index in [4.69, 9.17) is 5.73 Å². The van der Waals surface area contributed by atoms with E-state index in [1.165, 1.54) is 82.6 Å². The van der Waals surface area contributed by atoms with Crippen molar-refractivity contribution in [3.05, 3.63) is 47.3 Å². The van der Waals surface area contributed by atoms with Gasteiger partial charge in [0.2, 0.25) is 0 Å². The van der Waals surface area contributed by atoms with Gasteiger partial charge in [-0.2, -0.15) is 0 Å². The summed E-state index contributed by atoms with van der Waals surface area (Å²) in [7, 11) is 0. The van der Waals surface area contributed by atoms with Crippen LogP contribution in [0.25, 0.3) is 0 Å². The van der Waals surface area contributed by atoms with Gasteiger partial charge in [-0.15, -0.1) is 0 Å². The van der Waals surface area contributed by atoms with Crippen LogP contribution in [0.5, 0.6) is 0 Å². The number of unbranched alkanes of at least 4 members (excludes halogenated alkanes) is 2. The van der Waals surface area contributed by atoms with Gasteiger partial charge in [-0.05, 0) is 123 Å². The second-order valence-corrected chi connectivity index (χ2v) is 12.2. The number of halogens is 1. The molecular formula is C33H52FNO. The number of allylic oxidation sites excluding steroid dienone is 1. The molecule has 1 aromatic carbocycles. The standard InChI is InChI=1S/C29H46FN.C4H6O/c1-2-3-4-5-21-6-8-22(9-7-21)23-10-12-24(13-11-23)26-16-19-28(29(30)20-26)25-14-17-27(31)18-15-25;1-4(2)3-5/h16,19-25,27H,2-15,17-18,31H2,1H3;3H,1H2,2H3. The lowest BCUT2D eigenvalue weighted by Gasteiger charge is -2.38. The Morgan fingerprint density at radius 3 is 2.00 bits per heavy atom. The lowest BCUT2D eigenvalue weighted by atomic mass is 9.68. The Bertz CT molecular complexity index is 796. The highest BCUT2D eigenvalue weighted by Gasteiger charge is 2.31. The van der Waals surface area contributed by atoms with E-state index in [2.05, 4.69) is 25.6 Å². The number of hydrogen-bond donors (Lipinski definition) is 1. The highest BCUT2D eigenvalue weighted by molar-refractivity contribution is 5.70. The lowest BCUT2D eigenvalue weighted by Crippen LogP contribution is -2.26. The van der Waals surface area contributed by atoms with Crippen molar-refractivity contribution in [3.8, 4) is 0 Å². The zero-order valence-corrected chi connectivity index (χ0v) is 23.2. The first kappa shape index (κ1) is 29.1. The third-order valence-corrected chi connectivity index (χ3v) is 9.45. The van der Waals surface area contributed by atoms with Gasteiger partial charge >= 0.3 is 0 Å². The number of aldehydes is 1. The number of benzene rings is 1. The molecule has 3 aliphatic carbocycles. The monoisotopic (exact) mass is 497 g/mol. The van der Waals surface area contributed by atoms with E-state index in [-0.39, 0.29) is 5.82 Å². The Balaban J connectivity index is 0.000000658. The van der Waals surface area contributed by atoms with Gasteiger partial charge in [0, 0.05) is 6.04 Å². The summed E-state index contributed by atoms with van der Waals surface area (Å²) in [6, 6.07) is 6.57. The highest BCUT2D eigenvalue weighted by Crippen LogP contribution is 2.45. The highest BCUT2D eigenvalue weighted by atomic mass is 19.1. The van der Waals surface area contributed by atoms with Crippen LogP contribution < -0.4 is 5.73 Å². The van der Waals surface area contributed by atoms with Crippen molar-refractivity contribution < 1.29 is 9.18 Å². The van der Waals surface area contributed by atoms with Crippen LogP contribution in [0, 0.1) is 23.6 Å². The smallest absolute Gasteiger partial charge is 0.145 e. The molecule has 202 valence electrons. The number of hydrogen-bond acceptors (Lipinski definition) is 2. The first-order chi connectivity index (χ1) is 17.4. The predicted molar refractivity (Wildman–Crippen MR) is 151 cm³/mol. The van der Waals surface area contributed by atoms with E-state index < -0.39 is 0 Å². The molecule has 0 radical (unpaired) electrons. The van der Waals surface area contributed by atoms with Crippen molar-refractivity contribution in [2.75, 3.05) is 0 Å². The van der Waals surface area contributed by atoms with Crippen molar-refractivity contribution >= 4 is 6.29 Å². The maximum absolute atomic E-state index is 15.0. The topological polar surface area (TPSA) is 43.1 Å². The zero-order chi connectivity index (χ0) is 25.9. The van der Waals surface area contributed by atoms with Crippen molar-refractivity contribution in [2.24, 2.45) is 23.5 Å². The number of nitrogens with two attached hydrogens (primary N) is 1. The molecule has 0 unspecified atom stereocenters. The largest absolute Gasteiger partial charge is 0.328 e. The average molecular weight is 498 g/mol. The summed E-state index contributed by atoms with van der Waals surface area (Å²) in [6.07, 6.45) is 21.7. The molecule has 3 heteroatoms. The van der Waals surface area contributed by atoms with Crippen LogP contribution in [0.2, 0.25) is 0 Å². The molecule has 0 bridgehead atoms. The molecule has 0 amide bonds. The molecule has 4 rings (SSSR count). The number of carbonyl (C=O) groups excluding carboxylic acids is 1. The molecular weight excluding hydrogens is 445 g/mol. The fourth-order valence-corrected chi connectivity index (χ4v) is 7.11. The van der Waals surface area contributed by atoms with Crippen molar-refractivity contribution in [2.45, 2.75) is 134 Å². The second kappa shape index (κ2) is 15.1. The molecule has 3 saturated carbocycles. The lowest BCUT2D eigenvalue weighted by molar-refractivity contribution is -0.104. The summed E-state index contributed by atoms with van der Waals surface area (Å²) >= 11 is 0. The third kappa shape index (κ3) is 8.82. The van der Waals surface area contributed by atoms with Gasteiger partial charge in [0.05, 0.1) is 0 Å². The number of carbonyl (C=O) groups is 1. The van der Waals surface area contributed by atoms with Crippen LogP contribution in [0.4, 0.5) is 4.39 Å². The first-order valence-electron chi connectivity index (χ1n) is 15.1. The molecule has 0 spiro atoms. The van der Waals surface area contributed by atoms with Crippen LogP contribution in [-0.4, -0.2) is 12.3 Å². The molecule has 0 aromatic heterocycles. The molecule has 2 N–H and O–H groups in total. The molecule has 1 aromatic rings. The Morgan fingerprint density at radius 1 is 0.917 bits per heavy atom. The van der Waals surface area contributed by atoms with Crippen LogP contribution in [0.15, 0.2) is 30.4 Å². The molecule has 0 saturated heterocycles. The van der Waals surface area contributed by atoms with Crippen molar-refractivity contribution in [1.29, 1.82) is 0 Å². The van der Waals surface area contributed by atoms with Gasteiger partial charge in [-0.3, -0.25) is 4.79 Å². The van der Waals surface area contributed by atoms with Crippen LogP contribution >= 0.6 is 0 Å². The summed E-state index contributed by atoms with van der Waals surface area (Å²) < 4.78 is 15.0. The van der Waals surface area contributed by atoms with Gasteiger partial charge in [0.1, 0.15) is 12.1 Å². The number of rotatable bonds is 8. The summed E-state index contributed by atoms with van der Waals surface area (Å²) in [5.41, 5.74) is 8.81. The minimum absolute atomic E-state index is 0.0430. The van der Waals surface area contributed by atoms with E-state index in [1.807, 2.05) is 6.07 Å². The molecule has 0 heterocycles. The third-order valence-electron chi connectivity index (χ3n) is 9.45. The maximum Gasteiger partial charge on any atom is 0.145 e. The van der Waals surface area contributed by atoms with Gasteiger partial charge in [0.15, 0.2) is 0 Å². The van der Waals surface area contributed by atoms with Gasteiger partial charge in [0.25, 0.3) is 0 Å². The molecule has 3 fully saturated rings. The molecule has 0 atom stereocenters. The van der Waals surface area contributed by atoms with Crippen LogP contribution in [0.3, 0.4) is 0 Å². The van der Waals surface area contributed by atoms with E-state index in [0.717, 1.165) is 55.3 Å². The van der Waals surface area contributed by atoms with Gasteiger partial charge < -0.3 is 5.73 Å². The minimum atomic E-state index is 0.0430. The summed E-state index contributed by atoms with van der Waals surface area (Å²) in [6.45, 7) is 7.27. The van der Waals surface area contributed by atoms with Crippen LogP contribution in [0.1, 0.15) is 140 Å². The minimum Gasteiger partial charge on any atom is -0.328 e. The predicted octanol–water partition coefficient (Wildman–Crippen LogP) is 9.23. The van der Waals surface area contributed by atoms with E-state index in [0.29, 0.717) is 23.5 Å². The fraction of sp³-hybridized carbons (Fsp3) is 0.727. The maximum atomic E-state index is 15.0.